The summed E-state index contributed by atoms with van der Waals surface area (Å²) < 4.78 is 11.3. The molecule has 0 aromatic carbocycles. The van der Waals surface area contributed by atoms with E-state index in [9.17, 15) is 0 Å². The predicted octanol–water partition coefficient (Wildman–Crippen LogP) is 3.41. The molecular formula is C17H32N2O2. The van der Waals surface area contributed by atoms with E-state index >= 15 is 0 Å². The predicted molar refractivity (Wildman–Crippen MR) is 87.3 cm³/mol. The van der Waals surface area contributed by atoms with Crippen LogP contribution in [0.5, 0.6) is 0 Å². The van der Waals surface area contributed by atoms with Crippen LogP contribution >= 0.6 is 0 Å². The Balaban J connectivity index is 2.23. The van der Waals surface area contributed by atoms with E-state index in [0.717, 1.165) is 38.4 Å². The molecule has 4 heteroatoms. The number of furan rings is 1. The van der Waals surface area contributed by atoms with Crippen molar-refractivity contribution in [2.45, 2.75) is 66.3 Å². The maximum absolute atomic E-state index is 5.73. The summed E-state index contributed by atoms with van der Waals surface area (Å²) in [5, 5.41) is 3.36. The van der Waals surface area contributed by atoms with E-state index in [1.54, 1.807) is 0 Å². The zero-order chi connectivity index (χ0) is 15.7. The number of ether oxygens (including phenoxy) is 1. The third-order valence-corrected chi connectivity index (χ3v) is 3.53. The summed E-state index contributed by atoms with van der Waals surface area (Å²) in [6.45, 7) is 15.2. The van der Waals surface area contributed by atoms with Crippen molar-refractivity contribution in [2.24, 2.45) is 0 Å². The summed E-state index contributed by atoms with van der Waals surface area (Å²) in [5.41, 5.74) is 1.19. The molecule has 0 radical (unpaired) electrons. The van der Waals surface area contributed by atoms with Crippen molar-refractivity contribution in [2.75, 3.05) is 19.7 Å². The first-order chi connectivity index (χ1) is 10.0. The molecule has 0 unspecified atom stereocenters. The third-order valence-electron chi connectivity index (χ3n) is 3.53. The number of rotatable bonds is 11. The Morgan fingerprint density at radius 2 is 1.95 bits per heavy atom. The van der Waals surface area contributed by atoms with E-state index in [1.807, 2.05) is 6.26 Å². The lowest BCUT2D eigenvalue weighted by Crippen LogP contribution is -2.39. The largest absolute Gasteiger partial charge is 0.467 e. The van der Waals surface area contributed by atoms with Crippen LogP contribution in [0.1, 0.15) is 52.4 Å². The lowest BCUT2D eigenvalue weighted by atomic mass is 10.2. The Bertz CT molecular complexity index is 367. The van der Waals surface area contributed by atoms with E-state index in [0.29, 0.717) is 18.7 Å². The van der Waals surface area contributed by atoms with Gasteiger partial charge in [0.1, 0.15) is 12.4 Å². The molecule has 0 aliphatic heterocycles. The van der Waals surface area contributed by atoms with Gasteiger partial charge in [-0.3, -0.25) is 4.90 Å². The number of nitrogens with zero attached hydrogens (tertiary/aromatic N) is 1. The smallest absolute Gasteiger partial charge is 0.129 e. The van der Waals surface area contributed by atoms with Gasteiger partial charge in [0.15, 0.2) is 0 Å². The van der Waals surface area contributed by atoms with Crippen molar-refractivity contribution in [3.05, 3.63) is 23.7 Å². The van der Waals surface area contributed by atoms with Gasteiger partial charge in [0.2, 0.25) is 0 Å². The van der Waals surface area contributed by atoms with Gasteiger partial charge < -0.3 is 14.5 Å². The van der Waals surface area contributed by atoms with Crippen LogP contribution < -0.4 is 5.32 Å². The van der Waals surface area contributed by atoms with Gasteiger partial charge >= 0.3 is 0 Å². The molecule has 1 N–H and O–H groups in total. The molecule has 0 saturated carbocycles. The fourth-order valence-corrected chi connectivity index (χ4v) is 2.46. The van der Waals surface area contributed by atoms with Crippen LogP contribution in [0.15, 0.2) is 16.7 Å². The maximum Gasteiger partial charge on any atom is 0.129 e. The maximum atomic E-state index is 5.73. The molecule has 0 aliphatic carbocycles. The van der Waals surface area contributed by atoms with Gasteiger partial charge in [0, 0.05) is 30.7 Å². The van der Waals surface area contributed by atoms with Crippen molar-refractivity contribution >= 4 is 0 Å². The fourth-order valence-electron chi connectivity index (χ4n) is 2.46. The SMILES string of the molecule is CCCNCc1coc(COCCN(C(C)C)C(C)C)c1. The minimum Gasteiger partial charge on any atom is -0.467 e. The minimum absolute atomic E-state index is 0.549. The topological polar surface area (TPSA) is 37.6 Å². The van der Waals surface area contributed by atoms with Gasteiger partial charge in [-0.1, -0.05) is 6.92 Å². The second-order valence-corrected chi connectivity index (χ2v) is 6.08. The lowest BCUT2D eigenvalue weighted by molar-refractivity contribution is 0.0621. The highest BCUT2D eigenvalue weighted by molar-refractivity contribution is 5.11. The fraction of sp³-hybridized carbons (Fsp3) is 0.765. The average Bonchev–Trinajstić information content (AvgIpc) is 2.86. The lowest BCUT2D eigenvalue weighted by Gasteiger charge is -2.30. The van der Waals surface area contributed by atoms with Crippen molar-refractivity contribution in [1.82, 2.24) is 10.2 Å². The highest BCUT2D eigenvalue weighted by Crippen LogP contribution is 2.10. The summed E-state index contributed by atoms with van der Waals surface area (Å²) in [6.07, 6.45) is 2.96. The van der Waals surface area contributed by atoms with Gasteiger partial charge in [-0.2, -0.15) is 0 Å². The zero-order valence-electron chi connectivity index (χ0n) is 14.3. The molecule has 0 amide bonds. The van der Waals surface area contributed by atoms with Gasteiger partial charge in [-0.25, -0.2) is 0 Å². The Morgan fingerprint density at radius 1 is 1.24 bits per heavy atom. The van der Waals surface area contributed by atoms with Crippen LogP contribution in [0, 0.1) is 0 Å². The van der Waals surface area contributed by atoms with Crippen molar-refractivity contribution < 1.29 is 9.15 Å². The molecule has 0 fully saturated rings. The van der Waals surface area contributed by atoms with Crippen LogP contribution in [0.3, 0.4) is 0 Å². The van der Waals surface area contributed by atoms with Crippen LogP contribution in [-0.4, -0.2) is 36.7 Å². The van der Waals surface area contributed by atoms with Crippen LogP contribution in [0.2, 0.25) is 0 Å². The van der Waals surface area contributed by atoms with E-state index in [2.05, 4.69) is 50.9 Å². The van der Waals surface area contributed by atoms with E-state index in [-0.39, 0.29) is 0 Å². The summed E-state index contributed by atoms with van der Waals surface area (Å²) in [7, 11) is 0. The highest BCUT2D eigenvalue weighted by Gasteiger charge is 2.12. The van der Waals surface area contributed by atoms with Gasteiger partial charge in [0.25, 0.3) is 0 Å². The molecule has 0 spiro atoms. The molecule has 0 bridgehead atoms. The number of nitrogens with one attached hydrogen (secondary N) is 1. The van der Waals surface area contributed by atoms with Crippen LogP contribution in [0.25, 0.3) is 0 Å². The molecule has 0 atom stereocenters. The average molecular weight is 296 g/mol. The van der Waals surface area contributed by atoms with Gasteiger partial charge in [0.05, 0.1) is 12.9 Å². The third kappa shape index (κ3) is 7.11. The highest BCUT2D eigenvalue weighted by atomic mass is 16.5. The van der Waals surface area contributed by atoms with Crippen molar-refractivity contribution in [3.63, 3.8) is 0 Å². The zero-order valence-corrected chi connectivity index (χ0v) is 14.3. The van der Waals surface area contributed by atoms with Crippen LogP contribution in [0.4, 0.5) is 0 Å². The Hall–Kier alpha value is -0.840. The molecule has 122 valence electrons. The van der Waals surface area contributed by atoms with Crippen LogP contribution in [-0.2, 0) is 17.9 Å². The number of hydrogen-bond donors (Lipinski definition) is 1. The Morgan fingerprint density at radius 3 is 2.57 bits per heavy atom. The first-order valence-corrected chi connectivity index (χ1v) is 8.15. The second kappa shape index (κ2) is 9.98. The molecular weight excluding hydrogens is 264 g/mol. The Kier molecular flexibility index (Phi) is 8.66. The minimum atomic E-state index is 0.549. The molecule has 4 nitrogen and oxygen atoms in total. The summed E-state index contributed by atoms with van der Waals surface area (Å²) in [5.74, 6) is 0.906. The van der Waals surface area contributed by atoms with E-state index in [4.69, 9.17) is 9.15 Å². The molecule has 0 aliphatic rings. The van der Waals surface area contributed by atoms with Crippen molar-refractivity contribution in [3.8, 4) is 0 Å². The standard InChI is InChI=1S/C17H32N2O2/c1-6-7-18-11-16-10-17(21-12-16)13-20-9-8-19(14(2)3)15(4)5/h10,12,14-15,18H,6-9,11,13H2,1-5H3. The Labute approximate surface area is 129 Å². The van der Waals surface area contributed by atoms with Gasteiger partial charge in [-0.15, -0.1) is 0 Å². The molecule has 1 heterocycles. The van der Waals surface area contributed by atoms with E-state index in [1.165, 1.54) is 5.56 Å². The first kappa shape index (κ1) is 18.2. The molecule has 1 rings (SSSR count). The summed E-state index contributed by atoms with van der Waals surface area (Å²) >= 11 is 0. The summed E-state index contributed by atoms with van der Waals surface area (Å²) in [6, 6.07) is 3.17. The molecule has 0 saturated heterocycles. The monoisotopic (exact) mass is 296 g/mol. The molecule has 1 aromatic heterocycles. The van der Waals surface area contributed by atoms with E-state index < -0.39 is 0 Å². The van der Waals surface area contributed by atoms with Gasteiger partial charge in [-0.05, 0) is 46.7 Å². The second-order valence-electron chi connectivity index (χ2n) is 6.08. The quantitative estimate of drug-likeness (QED) is 0.635. The normalized spacial score (nSPS) is 12.0. The number of hydrogen-bond acceptors (Lipinski definition) is 4. The summed E-state index contributed by atoms with van der Waals surface area (Å²) in [4.78, 5) is 2.43. The first-order valence-electron chi connectivity index (χ1n) is 8.15. The molecule has 21 heavy (non-hydrogen) atoms. The van der Waals surface area contributed by atoms with Crippen molar-refractivity contribution in [1.29, 1.82) is 0 Å². The molecule has 1 aromatic rings.